The Balaban J connectivity index is 1.70. The van der Waals surface area contributed by atoms with E-state index in [9.17, 15) is 14.4 Å². The number of nitrogens with zero attached hydrogens (tertiary/aromatic N) is 2. The summed E-state index contributed by atoms with van der Waals surface area (Å²) in [6.45, 7) is 2.40. The van der Waals surface area contributed by atoms with Crippen LogP contribution in [0, 0.1) is 0 Å². The van der Waals surface area contributed by atoms with Gasteiger partial charge in [-0.05, 0) is 37.3 Å². The van der Waals surface area contributed by atoms with Gasteiger partial charge >= 0.3 is 11.8 Å². The molecule has 0 unspecified atom stereocenters. The molecule has 0 radical (unpaired) electrons. The zero-order chi connectivity index (χ0) is 18.7. The molecule has 0 spiro atoms. The fourth-order valence-electron chi connectivity index (χ4n) is 2.83. The molecule has 1 aromatic carbocycles. The lowest BCUT2D eigenvalue weighted by atomic mass is 10.1. The number of hydrogen-bond donors (Lipinski definition) is 2. The number of halogens is 1. The summed E-state index contributed by atoms with van der Waals surface area (Å²) in [6, 6.07) is 9.37. The smallest absolute Gasteiger partial charge is 0.310 e. The minimum absolute atomic E-state index is 0.120. The fraction of sp³-hybridized carbons (Fsp3) is 0.222. The summed E-state index contributed by atoms with van der Waals surface area (Å²) in [5.41, 5.74) is 1.89. The second-order valence-electron chi connectivity index (χ2n) is 5.70. The normalized spacial score (nSPS) is 15.5. The van der Waals surface area contributed by atoms with Crippen molar-refractivity contribution in [1.29, 1.82) is 0 Å². The SMILES string of the molecule is CCN1C(=O)[C@H](NC(=O)C(=O)NCc2ccccn2)c2cc(Cl)ccc21. The molecule has 7 nitrogen and oxygen atoms in total. The number of amides is 3. The average molecular weight is 373 g/mol. The van der Waals surface area contributed by atoms with Crippen molar-refractivity contribution in [2.24, 2.45) is 0 Å². The van der Waals surface area contributed by atoms with Crippen molar-refractivity contribution >= 4 is 35.0 Å². The molecule has 1 atom stereocenters. The van der Waals surface area contributed by atoms with Gasteiger partial charge in [-0.2, -0.15) is 0 Å². The molecule has 1 aromatic heterocycles. The maximum atomic E-state index is 12.6. The lowest BCUT2D eigenvalue weighted by Gasteiger charge is -2.15. The van der Waals surface area contributed by atoms with E-state index in [1.807, 2.05) is 6.92 Å². The third-order valence-corrected chi connectivity index (χ3v) is 4.29. The fourth-order valence-corrected chi connectivity index (χ4v) is 3.01. The summed E-state index contributed by atoms with van der Waals surface area (Å²) in [7, 11) is 0. The first-order chi connectivity index (χ1) is 12.5. The molecular formula is C18H17ClN4O3. The van der Waals surface area contributed by atoms with E-state index in [4.69, 9.17) is 11.6 Å². The molecule has 1 aliphatic heterocycles. The minimum Gasteiger partial charge on any atom is -0.342 e. The van der Waals surface area contributed by atoms with E-state index >= 15 is 0 Å². The first kappa shape index (κ1) is 17.9. The van der Waals surface area contributed by atoms with E-state index in [1.54, 1.807) is 47.5 Å². The number of likely N-dealkylation sites (N-methyl/N-ethyl adjacent to an activating group) is 1. The van der Waals surface area contributed by atoms with Crippen LogP contribution < -0.4 is 15.5 Å². The number of anilines is 1. The van der Waals surface area contributed by atoms with Gasteiger partial charge in [-0.15, -0.1) is 0 Å². The Kier molecular flexibility index (Phi) is 5.18. The molecule has 0 aliphatic carbocycles. The molecular weight excluding hydrogens is 356 g/mol. The van der Waals surface area contributed by atoms with Crippen LogP contribution in [0.2, 0.25) is 5.02 Å². The van der Waals surface area contributed by atoms with Crippen LogP contribution in [-0.4, -0.2) is 29.3 Å². The van der Waals surface area contributed by atoms with Crippen molar-refractivity contribution < 1.29 is 14.4 Å². The number of nitrogens with one attached hydrogen (secondary N) is 2. The van der Waals surface area contributed by atoms with E-state index in [-0.39, 0.29) is 12.5 Å². The molecule has 2 N–H and O–H groups in total. The predicted octanol–water partition coefficient (Wildman–Crippen LogP) is 1.58. The van der Waals surface area contributed by atoms with Gasteiger partial charge in [0, 0.05) is 29.0 Å². The highest BCUT2D eigenvalue weighted by atomic mass is 35.5. The molecule has 1 aliphatic rings. The maximum Gasteiger partial charge on any atom is 0.310 e. The summed E-state index contributed by atoms with van der Waals surface area (Å²) >= 11 is 6.02. The Bertz CT molecular complexity index is 857. The summed E-state index contributed by atoms with van der Waals surface area (Å²) in [6.07, 6.45) is 1.60. The van der Waals surface area contributed by atoms with Crippen molar-refractivity contribution in [3.8, 4) is 0 Å². The highest BCUT2D eigenvalue weighted by molar-refractivity contribution is 6.35. The number of hydrogen-bond acceptors (Lipinski definition) is 4. The van der Waals surface area contributed by atoms with Gasteiger partial charge in [0.2, 0.25) is 0 Å². The minimum atomic E-state index is -0.934. The molecule has 8 heteroatoms. The van der Waals surface area contributed by atoms with Crippen molar-refractivity contribution in [3.05, 3.63) is 58.9 Å². The van der Waals surface area contributed by atoms with Gasteiger partial charge in [-0.3, -0.25) is 19.4 Å². The second-order valence-corrected chi connectivity index (χ2v) is 6.13. The van der Waals surface area contributed by atoms with Crippen LogP contribution in [0.4, 0.5) is 5.69 Å². The Morgan fingerprint density at radius 1 is 1.23 bits per heavy atom. The largest absolute Gasteiger partial charge is 0.342 e. The summed E-state index contributed by atoms with van der Waals surface area (Å²) < 4.78 is 0. The van der Waals surface area contributed by atoms with E-state index in [0.29, 0.717) is 28.5 Å². The van der Waals surface area contributed by atoms with Crippen LogP contribution in [-0.2, 0) is 20.9 Å². The number of pyridine rings is 1. The first-order valence-electron chi connectivity index (χ1n) is 8.10. The number of benzene rings is 1. The Morgan fingerprint density at radius 2 is 2.04 bits per heavy atom. The van der Waals surface area contributed by atoms with Crippen LogP contribution in [0.1, 0.15) is 24.2 Å². The molecule has 26 heavy (non-hydrogen) atoms. The van der Waals surface area contributed by atoms with Crippen molar-refractivity contribution in [2.45, 2.75) is 19.5 Å². The number of carbonyl (C=O) groups excluding carboxylic acids is 3. The van der Waals surface area contributed by atoms with Crippen molar-refractivity contribution in [2.75, 3.05) is 11.4 Å². The van der Waals surface area contributed by atoms with Crippen LogP contribution in [0.25, 0.3) is 0 Å². The first-order valence-corrected chi connectivity index (χ1v) is 8.48. The highest BCUT2D eigenvalue weighted by Crippen LogP contribution is 2.37. The van der Waals surface area contributed by atoms with Crippen molar-refractivity contribution in [3.63, 3.8) is 0 Å². The number of fused-ring (bicyclic) bond motifs is 1. The zero-order valence-corrected chi connectivity index (χ0v) is 14.8. The highest BCUT2D eigenvalue weighted by Gasteiger charge is 2.38. The average Bonchev–Trinajstić information content (AvgIpc) is 2.91. The molecule has 134 valence electrons. The lowest BCUT2D eigenvalue weighted by Crippen LogP contribution is -2.44. The van der Waals surface area contributed by atoms with Gasteiger partial charge in [-0.1, -0.05) is 17.7 Å². The Labute approximate surface area is 155 Å². The predicted molar refractivity (Wildman–Crippen MR) is 96.4 cm³/mol. The summed E-state index contributed by atoms with van der Waals surface area (Å²) in [5, 5.41) is 5.43. The molecule has 0 fully saturated rings. The Hall–Kier alpha value is -2.93. The molecule has 3 rings (SSSR count). The van der Waals surface area contributed by atoms with Gasteiger partial charge in [0.1, 0.15) is 6.04 Å². The summed E-state index contributed by atoms with van der Waals surface area (Å²) in [5.74, 6) is -2.01. The van der Waals surface area contributed by atoms with E-state index in [1.165, 1.54) is 0 Å². The number of aromatic nitrogens is 1. The van der Waals surface area contributed by atoms with Crippen molar-refractivity contribution in [1.82, 2.24) is 15.6 Å². The molecule has 3 amide bonds. The van der Waals surface area contributed by atoms with Gasteiger partial charge < -0.3 is 15.5 Å². The monoisotopic (exact) mass is 372 g/mol. The van der Waals surface area contributed by atoms with Crippen LogP contribution in [0.3, 0.4) is 0 Å². The second kappa shape index (κ2) is 7.53. The van der Waals surface area contributed by atoms with Crippen LogP contribution in [0.15, 0.2) is 42.6 Å². The van der Waals surface area contributed by atoms with Gasteiger partial charge in [0.05, 0.1) is 12.2 Å². The zero-order valence-electron chi connectivity index (χ0n) is 14.0. The standard InChI is InChI=1S/C18H17ClN4O3/c1-2-23-14-7-6-11(19)9-13(14)15(18(23)26)22-17(25)16(24)21-10-12-5-3-4-8-20-12/h3-9,15H,2,10H2,1H3,(H,21,24)(H,22,25)/t15-/m1/s1. The molecule has 0 saturated carbocycles. The Morgan fingerprint density at radius 3 is 2.73 bits per heavy atom. The van der Waals surface area contributed by atoms with E-state index in [2.05, 4.69) is 15.6 Å². The molecule has 2 heterocycles. The van der Waals surface area contributed by atoms with Crippen LogP contribution in [0.5, 0.6) is 0 Å². The number of carbonyl (C=O) groups is 3. The van der Waals surface area contributed by atoms with Crippen LogP contribution >= 0.6 is 11.6 Å². The van der Waals surface area contributed by atoms with Gasteiger partial charge in [0.25, 0.3) is 5.91 Å². The maximum absolute atomic E-state index is 12.6. The topological polar surface area (TPSA) is 91.4 Å². The quantitative estimate of drug-likeness (QED) is 0.797. The molecule has 2 aromatic rings. The molecule has 0 saturated heterocycles. The molecule has 0 bridgehead atoms. The third-order valence-electron chi connectivity index (χ3n) is 4.06. The lowest BCUT2D eigenvalue weighted by molar-refractivity contribution is -0.140. The third kappa shape index (κ3) is 3.52. The number of rotatable bonds is 4. The van der Waals surface area contributed by atoms with E-state index < -0.39 is 17.9 Å². The van der Waals surface area contributed by atoms with E-state index in [0.717, 1.165) is 0 Å². The van der Waals surface area contributed by atoms with Gasteiger partial charge in [0.15, 0.2) is 0 Å². The van der Waals surface area contributed by atoms with Gasteiger partial charge in [-0.25, -0.2) is 0 Å². The summed E-state index contributed by atoms with van der Waals surface area (Å²) in [4.78, 5) is 42.4.